The summed E-state index contributed by atoms with van der Waals surface area (Å²) in [4.78, 5) is 26.1. The van der Waals surface area contributed by atoms with E-state index in [1.807, 2.05) is 5.32 Å². The summed E-state index contributed by atoms with van der Waals surface area (Å²) in [6, 6.07) is 13.4. The molecule has 0 saturated carbocycles. The highest BCUT2D eigenvalue weighted by atomic mass is 32.2. The van der Waals surface area contributed by atoms with E-state index in [4.69, 9.17) is 4.42 Å². The molecule has 0 unspecified atom stereocenters. The first kappa shape index (κ1) is 32.6. The summed E-state index contributed by atoms with van der Waals surface area (Å²) >= 11 is 0. The molecule has 0 bridgehead atoms. The molecule has 4 rings (SSSR count). The van der Waals surface area contributed by atoms with Crippen LogP contribution in [0.25, 0.3) is 33.4 Å². The Morgan fingerprint density at radius 1 is 0.977 bits per heavy atom. The highest BCUT2D eigenvalue weighted by molar-refractivity contribution is 7.92. The molecule has 7 nitrogen and oxygen atoms in total. The summed E-state index contributed by atoms with van der Waals surface area (Å²) in [5, 5.41) is 2.21. The number of furan rings is 1. The number of halogens is 5. The fraction of sp³-hybridized carbons (Fsp3) is 0.290. The van der Waals surface area contributed by atoms with E-state index in [1.54, 1.807) is 6.92 Å². The van der Waals surface area contributed by atoms with Crippen LogP contribution in [-0.4, -0.2) is 51.3 Å². The number of nitrogens with one attached hydrogen (secondary N) is 1. The third-order valence-corrected chi connectivity index (χ3v) is 8.22. The number of carbonyl (C=O) groups is 2. The predicted octanol–water partition coefficient (Wildman–Crippen LogP) is 7.30. The maximum atomic E-state index is 13.7. The molecule has 1 heterocycles. The SMILES string of the molecule is CCC(=O)c1c(-c2ccc(F)cc2)oc2cc(N(CCF)S(C)(=O)=O)c(-c3cccc(C(=O)NC(C)(C)C(F)(F)F)c3)cc12. The molecule has 0 radical (unpaired) electrons. The van der Waals surface area contributed by atoms with Gasteiger partial charge < -0.3 is 9.73 Å². The molecule has 13 heteroatoms. The molecule has 1 aromatic heterocycles. The van der Waals surface area contributed by atoms with Crippen molar-refractivity contribution in [3.05, 3.63) is 77.6 Å². The molecule has 0 saturated heterocycles. The van der Waals surface area contributed by atoms with E-state index in [0.717, 1.165) is 24.4 Å². The van der Waals surface area contributed by atoms with Gasteiger partial charge in [-0.2, -0.15) is 13.2 Å². The smallest absolute Gasteiger partial charge is 0.410 e. The van der Waals surface area contributed by atoms with E-state index < -0.39 is 46.7 Å². The molecule has 0 aliphatic carbocycles. The van der Waals surface area contributed by atoms with E-state index in [9.17, 15) is 40.0 Å². The van der Waals surface area contributed by atoms with Gasteiger partial charge in [0, 0.05) is 34.6 Å². The number of carbonyl (C=O) groups excluding carboxylic acids is 2. The number of sulfonamides is 1. The Hall–Kier alpha value is -4.26. The second kappa shape index (κ2) is 12.0. The number of hydrogen-bond donors (Lipinski definition) is 1. The molecular weight excluding hydrogens is 607 g/mol. The molecule has 0 fully saturated rings. The number of rotatable bonds is 10. The third kappa shape index (κ3) is 6.47. The number of nitrogens with zero attached hydrogens (tertiary/aromatic N) is 1. The Kier molecular flexibility index (Phi) is 8.92. The Morgan fingerprint density at radius 2 is 1.64 bits per heavy atom. The average molecular weight is 637 g/mol. The first-order valence-electron chi connectivity index (χ1n) is 13.4. The highest BCUT2D eigenvalue weighted by Crippen LogP contribution is 2.42. The molecule has 234 valence electrons. The lowest BCUT2D eigenvalue weighted by molar-refractivity contribution is -0.182. The maximum absolute atomic E-state index is 13.7. The molecule has 1 N–H and O–H groups in total. The lowest BCUT2D eigenvalue weighted by Crippen LogP contribution is -2.54. The number of benzene rings is 3. The standard InChI is InChI=1S/C31H29F5N2O5S/c1-5-25(39)27-23-16-22(19-7-6-8-20(15-19)29(40)37-30(2,3)31(34,35)36)24(38(14-13-32)44(4,41)42)17-26(23)43-28(27)18-9-11-21(33)12-10-18/h6-12,15-17H,5,13-14H2,1-4H3,(H,37,40). The van der Waals surface area contributed by atoms with Crippen LogP contribution in [0.1, 0.15) is 47.9 Å². The first-order valence-corrected chi connectivity index (χ1v) is 15.3. The van der Waals surface area contributed by atoms with Gasteiger partial charge in [-0.1, -0.05) is 19.1 Å². The van der Waals surface area contributed by atoms with Crippen molar-refractivity contribution in [3.63, 3.8) is 0 Å². The summed E-state index contributed by atoms with van der Waals surface area (Å²) in [5.41, 5.74) is -1.85. The van der Waals surface area contributed by atoms with Crippen LogP contribution in [0.15, 0.2) is 65.1 Å². The van der Waals surface area contributed by atoms with Gasteiger partial charge in [-0.15, -0.1) is 0 Å². The van der Waals surface area contributed by atoms with Gasteiger partial charge in [0.25, 0.3) is 5.91 Å². The molecule has 0 aliphatic heterocycles. The van der Waals surface area contributed by atoms with Gasteiger partial charge >= 0.3 is 6.18 Å². The summed E-state index contributed by atoms with van der Waals surface area (Å²) in [7, 11) is -4.09. The fourth-order valence-electron chi connectivity index (χ4n) is 4.62. The van der Waals surface area contributed by atoms with Crippen LogP contribution in [0.2, 0.25) is 0 Å². The number of Topliss-reactive ketones (excluding diaryl/α,β-unsaturated/α-hetero) is 1. The number of amides is 1. The second-order valence-electron chi connectivity index (χ2n) is 10.6. The predicted molar refractivity (Wildman–Crippen MR) is 157 cm³/mol. The zero-order chi connectivity index (χ0) is 32.6. The van der Waals surface area contributed by atoms with E-state index in [1.165, 1.54) is 60.7 Å². The lowest BCUT2D eigenvalue weighted by atomic mass is 9.95. The second-order valence-corrected chi connectivity index (χ2v) is 12.5. The molecule has 44 heavy (non-hydrogen) atoms. The quantitative estimate of drug-likeness (QED) is 0.146. The Labute approximate surface area is 250 Å². The normalized spacial score (nSPS) is 12.4. The largest absolute Gasteiger partial charge is 0.455 e. The zero-order valence-corrected chi connectivity index (χ0v) is 25.0. The molecule has 0 spiro atoms. The van der Waals surface area contributed by atoms with Gasteiger partial charge in [0.1, 0.15) is 29.4 Å². The lowest BCUT2D eigenvalue weighted by Gasteiger charge is -2.29. The van der Waals surface area contributed by atoms with Gasteiger partial charge in [0.05, 0.1) is 24.1 Å². The Balaban J connectivity index is 2.01. The van der Waals surface area contributed by atoms with E-state index >= 15 is 0 Å². The van der Waals surface area contributed by atoms with Crippen LogP contribution in [0, 0.1) is 5.82 Å². The first-order chi connectivity index (χ1) is 20.5. The average Bonchev–Trinajstić information content (AvgIpc) is 3.32. The van der Waals surface area contributed by atoms with Crippen LogP contribution in [0.5, 0.6) is 0 Å². The van der Waals surface area contributed by atoms with Gasteiger partial charge in [0.15, 0.2) is 5.78 Å². The molecule has 0 atom stereocenters. The fourth-order valence-corrected chi connectivity index (χ4v) is 5.53. The van der Waals surface area contributed by atoms with Crippen molar-refractivity contribution in [3.8, 4) is 22.5 Å². The van der Waals surface area contributed by atoms with Gasteiger partial charge in [-0.05, 0) is 61.9 Å². The minimum Gasteiger partial charge on any atom is -0.455 e. The van der Waals surface area contributed by atoms with E-state index in [0.29, 0.717) is 5.56 Å². The molecule has 0 aliphatic rings. The highest BCUT2D eigenvalue weighted by Gasteiger charge is 2.48. The Bertz CT molecular complexity index is 1830. The number of hydrogen-bond acceptors (Lipinski definition) is 5. The van der Waals surface area contributed by atoms with Crippen molar-refractivity contribution in [1.29, 1.82) is 0 Å². The van der Waals surface area contributed by atoms with E-state index in [2.05, 4.69) is 0 Å². The molecular formula is C31H29F5N2O5S. The summed E-state index contributed by atoms with van der Waals surface area (Å²) in [6.07, 6.45) is -3.81. The third-order valence-electron chi connectivity index (χ3n) is 7.04. The maximum Gasteiger partial charge on any atom is 0.410 e. The van der Waals surface area contributed by atoms with Crippen molar-refractivity contribution in [2.45, 2.75) is 38.9 Å². The molecule has 3 aromatic carbocycles. The topological polar surface area (TPSA) is 96.7 Å². The van der Waals surface area contributed by atoms with Crippen LogP contribution >= 0.6 is 0 Å². The minimum atomic E-state index is -4.74. The summed E-state index contributed by atoms with van der Waals surface area (Å²) < 4.78 is 100. The monoisotopic (exact) mass is 636 g/mol. The van der Waals surface area contributed by atoms with Gasteiger partial charge in [0.2, 0.25) is 10.0 Å². The van der Waals surface area contributed by atoms with Crippen molar-refractivity contribution in [1.82, 2.24) is 5.32 Å². The van der Waals surface area contributed by atoms with Crippen molar-refractivity contribution >= 4 is 38.4 Å². The van der Waals surface area contributed by atoms with Crippen LogP contribution in [0.4, 0.5) is 27.6 Å². The van der Waals surface area contributed by atoms with E-state index in [-0.39, 0.29) is 56.9 Å². The van der Waals surface area contributed by atoms with Crippen molar-refractivity contribution in [2.75, 3.05) is 23.8 Å². The Morgan fingerprint density at radius 3 is 2.20 bits per heavy atom. The zero-order valence-electron chi connectivity index (χ0n) is 24.2. The minimum absolute atomic E-state index is 0.0549. The molecule has 1 amide bonds. The van der Waals surface area contributed by atoms with Crippen molar-refractivity contribution < 1.29 is 44.4 Å². The molecule has 4 aromatic rings. The summed E-state index contributed by atoms with van der Waals surface area (Å²) in [5.74, 6) is -1.79. The van der Waals surface area contributed by atoms with Crippen LogP contribution in [0.3, 0.4) is 0 Å². The van der Waals surface area contributed by atoms with Gasteiger partial charge in [-0.3, -0.25) is 13.9 Å². The van der Waals surface area contributed by atoms with Crippen LogP contribution < -0.4 is 9.62 Å². The number of ketones is 1. The van der Waals surface area contributed by atoms with Crippen molar-refractivity contribution in [2.24, 2.45) is 0 Å². The van der Waals surface area contributed by atoms with Gasteiger partial charge in [-0.25, -0.2) is 17.2 Å². The number of anilines is 1. The summed E-state index contributed by atoms with van der Waals surface area (Å²) in [6.45, 7) is 1.61. The number of alkyl halides is 4. The number of fused-ring (bicyclic) bond motifs is 1. The van der Waals surface area contributed by atoms with Crippen LogP contribution in [-0.2, 0) is 10.0 Å².